The smallest absolute Gasteiger partial charge is 0.224 e. The summed E-state index contributed by atoms with van der Waals surface area (Å²) in [5, 5.41) is 11.9. The summed E-state index contributed by atoms with van der Waals surface area (Å²) in [4.78, 5) is 17.4. The van der Waals surface area contributed by atoms with Gasteiger partial charge < -0.3 is 10.1 Å². The van der Waals surface area contributed by atoms with Gasteiger partial charge in [-0.25, -0.2) is 0 Å². The Bertz CT molecular complexity index is 662. The largest absolute Gasteiger partial charge is 0.383 e. The van der Waals surface area contributed by atoms with Crippen LogP contribution < -0.4 is 5.32 Å². The van der Waals surface area contributed by atoms with Gasteiger partial charge in [0, 0.05) is 32.8 Å². The third-order valence-electron chi connectivity index (χ3n) is 5.99. The Labute approximate surface area is 168 Å². The van der Waals surface area contributed by atoms with Gasteiger partial charge in [0.1, 0.15) is 0 Å². The highest BCUT2D eigenvalue weighted by molar-refractivity contribution is 5.78. The van der Waals surface area contributed by atoms with Gasteiger partial charge in [-0.2, -0.15) is 5.26 Å². The third kappa shape index (κ3) is 5.78. The van der Waals surface area contributed by atoms with Crippen LogP contribution in [-0.4, -0.2) is 68.2 Å². The number of carbonyl (C=O) groups excluding carboxylic acids is 1. The standard InChI is InChI=1S/C22H32N4O2/c1-28-14-10-24-22(27)20-3-2-11-26(17-20)21-8-12-25(13-9-21)16-19-6-4-18(15-23)5-7-19/h4-7,20-21H,2-3,8-14,16-17H2,1H3,(H,24,27)/t20-/m0/s1. The van der Waals surface area contributed by atoms with E-state index in [2.05, 4.69) is 33.3 Å². The van der Waals surface area contributed by atoms with Crippen molar-refractivity contribution >= 4 is 5.91 Å². The van der Waals surface area contributed by atoms with Gasteiger partial charge in [-0.3, -0.25) is 14.6 Å². The van der Waals surface area contributed by atoms with Crippen LogP contribution in [-0.2, 0) is 16.1 Å². The van der Waals surface area contributed by atoms with Crippen molar-refractivity contribution in [1.82, 2.24) is 15.1 Å². The number of ether oxygens (including phenoxy) is 1. The zero-order valence-electron chi connectivity index (χ0n) is 16.9. The van der Waals surface area contributed by atoms with Crippen LogP contribution in [0.2, 0.25) is 0 Å². The molecule has 0 aliphatic carbocycles. The van der Waals surface area contributed by atoms with E-state index in [4.69, 9.17) is 10.00 Å². The molecular formula is C22H32N4O2. The van der Waals surface area contributed by atoms with Gasteiger partial charge in [0.05, 0.1) is 24.2 Å². The van der Waals surface area contributed by atoms with E-state index in [-0.39, 0.29) is 11.8 Å². The average Bonchev–Trinajstić information content (AvgIpc) is 2.75. The minimum atomic E-state index is 0.113. The fraction of sp³-hybridized carbons (Fsp3) is 0.636. The number of methoxy groups -OCH3 is 1. The summed E-state index contributed by atoms with van der Waals surface area (Å²) in [6.07, 6.45) is 4.42. The van der Waals surface area contributed by atoms with E-state index in [1.165, 1.54) is 5.56 Å². The number of nitrogens with zero attached hydrogens (tertiary/aromatic N) is 3. The number of amides is 1. The maximum Gasteiger partial charge on any atom is 0.224 e. The molecular weight excluding hydrogens is 352 g/mol. The molecule has 0 spiro atoms. The Kier molecular flexibility index (Phi) is 7.84. The lowest BCUT2D eigenvalue weighted by Gasteiger charge is -2.42. The van der Waals surface area contributed by atoms with E-state index in [0.717, 1.165) is 58.4 Å². The first-order valence-corrected chi connectivity index (χ1v) is 10.4. The van der Waals surface area contributed by atoms with Crippen molar-refractivity contribution in [2.75, 3.05) is 46.4 Å². The Balaban J connectivity index is 1.43. The number of nitrogens with one attached hydrogen (secondary N) is 1. The molecule has 2 aliphatic rings. The number of piperidine rings is 2. The number of hydrogen-bond donors (Lipinski definition) is 1. The fourth-order valence-corrected chi connectivity index (χ4v) is 4.36. The van der Waals surface area contributed by atoms with E-state index in [1.807, 2.05) is 12.1 Å². The number of nitriles is 1. The Hall–Kier alpha value is -1.94. The van der Waals surface area contributed by atoms with E-state index < -0.39 is 0 Å². The molecule has 3 rings (SSSR count). The van der Waals surface area contributed by atoms with Crippen molar-refractivity contribution in [3.63, 3.8) is 0 Å². The topological polar surface area (TPSA) is 68.6 Å². The summed E-state index contributed by atoms with van der Waals surface area (Å²) < 4.78 is 5.02. The summed E-state index contributed by atoms with van der Waals surface area (Å²) in [5.74, 6) is 0.294. The van der Waals surface area contributed by atoms with Crippen LogP contribution in [0.3, 0.4) is 0 Å². The summed E-state index contributed by atoms with van der Waals surface area (Å²) in [6, 6.07) is 10.7. The van der Waals surface area contributed by atoms with Crippen LogP contribution in [0.1, 0.15) is 36.8 Å². The number of likely N-dealkylation sites (tertiary alicyclic amines) is 2. The van der Waals surface area contributed by atoms with Crippen LogP contribution in [0.15, 0.2) is 24.3 Å². The highest BCUT2D eigenvalue weighted by Gasteiger charge is 2.31. The minimum absolute atomic E-state index is 0.113. The van der Waals surface area contributed by atoms with Crippen molar-refractivity contribution in [2.24, 2.45) is 5.92 Å². The van der Waals surface area contributed by atoms with Crippen molar-refractivity contribution in [3.8, 4) is 6.07 Å². The molecule has 2 heterocycles. The maximum atomic E-state index is 12.4. The lowest BCUT2D eigenvalue weighted by molar-refractivity contribution is -0.127. The molecule has 0 radical (unpaired) electrons. The van der Waals surface area contributed by atoms with Gasteiger partial charge in [-0.15, -0.1) is 0 Å². The van der Waals surface area contributed by atoms with E-state index in [0.29, 0.717) is 24.8 Å². The van der Waals surface area contributed by atoms with Crippen molar-refractivity contribution in [2.45, 2.75) is 38.3 Å². The van der Waals surface area contributed by atoms with Gasteiger partial charge in [-0.1, -0.05) is 12.1 Å². The van der Waals surface area contributed by atoms with E-state index in [1.54, 1.807) is 7.11 Å². The van der Waals surface area contributed by atoms with Crippen molar-refractivity contribution in [3.05, 3.63) is 35.4 Å². The molecule has 0 unspecified atom stereocenters. The fourth-order valence-electron chi connectivity index (χ4n) is 4.36. The number of rotatable bonds is 7. The molecule has 0 aromatic heterocycles. The van der Waals surface area contributed by atoms with E-state index in [9.17, 15) is 4.79 Å². The molecule has 1 aromatic rings. The predicted octanol–water partition coefficient (Wildman–Crippen LogP) is 2.00. The molecule has 1 atom stereocenters. The molecule has 152 valence electrons. The second-order valence-electron chi connectivity index (χ2n) is 7.93. The maximum absolute atomic E-state index is 12.4. The van der Waals surface area contributed by atoms with Gasteiger partial charge in [0.15, 0.2) is 0 Å². The summed E-state index contributed by atoms with van der Waals surface area (Å²) >= 11 is 0. The molecule has 1 aromatic carbocycles. The predicted molar refractivity (Wildman–Crippen MR) is 109 cm³/mol. The number of hydrogen-bond acceptors (Lipinski definition) is 5. The molecule has 0 bridgehead atoms. The summed E-state index contributed by atoms with van der Waals surface area (Å²) in [6.45, 7) is 6.29. The summed E-state index contributed by atoms with van der Waals surface area (Å²) in [7, 11) is 1.65. The Morgan fingerprint density at radius 3 is 2.64 bits per heavy atom. The normalized spacial score (nSPS) is 21.9. The molecule has 28 heavy (non-hydrogen) atoms. The molecule has 2 fully saturated rings. The zero-order chi connectivity index (χ0) is 19.8. The van der Waals surface area contributed by atoms with Gasteiger partial charge >= 0.3 is 0 Å². The molecule has 1 amide bonds. The van der Waals surface area contributed by atoms with Crippen LogP contribution in [0.5, 0.6) is 0 Å². The lowest BCUT2D eigenvalue weighted by atomic mass is 9.93. The van der Waals surface area contributed by atoms with Crippen LogP contribution >= 0.6 is 0 Å². The zero-order valence-corrected chi connectivity index (χ0v) is 16.9. The first kappa shape index (κ1) is 20.8. The van der Waals surface area contributed by atoms with Crippen molar-refractivity contribution in [1.29, 1.82) is 5.26 Å². The molecule has 2 aliphatic heterocycles. The average molecular weight is 385 g/mol. The first-order valence-electron chi connectivity index (χ1n) is 10.4. The molecule has 1 N–H and O–H groups in total. The molecule has 6 heteroatoms. The highest BCUT2D eigenvalue weighted by Crippen LogP contribution is 2.24. The minimum Gasteiger partial charge on any atom is -0.383 e. The Morgan fingerprint density at radius 1 is 1.21 bits per heavy atom. The SMILES string of the molecule is COCCNC(=O)[C@H]1CCCN(C2CCN(Cc3ccc(C#N)cc3)CC2)C1. The van der Waals surface area contributed by atoms with Gasteiger partial charge in [0.25, 0.3) is 0 Å². The first-order chi connectivity index (χ1) is 13.7. The van der Waals surface area contributed by atoms with Crippen molar-refractivity contribution < 1.29 is 9.53 Å². The number of carbonyl (C=O) groups is 1. The third-order valence-corrected chi connectivity index (χ3v) is 5.99. The quantitative estimate of drug-likeness (QED) is 0.728. The van der Waals surface area contributed by atoms with Gasteiger partial charge in [0.2, 0.25) is 5.91 Å². The monoisotopic (exact) mass is 384 g/mol. The second kappa shape index (κ2) is 10.6. The molecule has 2 saturated heterocycles. The van der Waals surface area contributed by atoms with Crippen LogP contribution in [0, 0.1) is 17.2 Å². The van der Waals surface area contributed by atoms with Gasteiger partial charge in [-0.05, 0) is 63.0 Å². The van der Waals surface area contributed by atoms with Crippen LogP contribution in [0.4, 0.5) is 0 Å². The Morgan fingerprint density at radius 2 is 1.96 bits per heavy atom. The van der Waals surface area contributed by atoms with E-state index >= 15 is 0 Å². The lowest BCUT2D eigenvalue weighted by Crippen LogP contribution is -2.50. The van der Waals surface area contributed by atoms with Crippen LogP contribution in [0.25, 0.3) is 0 Å². The number of benzene rings is 1. The molecule has 6 nitrogen and oxygen atoms in total. The second-order valence-corrected chi connectivity index (χ2v) is 7.93. The molecule has 0 saturated carbocycles. The summed E-state index contributed by atoms with van der Waals surface area (Å²) in [5.41, 5.74) is 1.98. The highest BCUT2D eigenvalue weighted by atomic mass is 16.5.